The van der Waals surface area contributed by atoms with Crippen molar-refractivity contribution in [2.24, 2.45) is 0 Å². The highest BCUT2D eigenvalue weighted by atomic mass is 19.2. The molecule has 10 heteroatoms. The number of nitrogens with one attached hydrogen (secondary N) is 1. The monoisotopic (exact) mass is 483 g/mol. The van der Waals surface area contributed by atoms with Gasteiger partial charge in [0.25, 0.3) is 5.91 Å². The number of hydrogen-bond acceptors (Lipinski definition) is 4. The summed E-state index contributed by atoms with van der Waals surface area (Å²) in [7, 11) is 0. The van der Waals surface area contributed by atoms with E-state index in [2.05, 4.69) is 10.3 Å². The van der Waals surface area contributed by atoms with Crippen LogP contribution in [0.15, 0.2) is 60.8 Å². The normalized spacial score (nSPS) is 11.9. The fourth-order valence-corrected chi connectivity index (χ4v) is 3.73. The van der Waals surface area contributed by atoms with Gasteiger partial charge in [0.1, 0.15) is 18.1 Å². The molecule has 2 aromatic heterocycles. The molecule has 0 bridgehead atoms. The number of ether oxygens (including phenoxy) is 1. The number of aliphatic carboxylic acids is 1. The Morgan fingerprint density at radius 1 is 1.06 bits per heavy atom. The Kier molecular flexibility index (Phi) is 6.72. The zero-order valence-electron chi connectivity index (χ0n) is 18.5. The maximum atomic E-state index is 14.0. The first-order valence-electron chi connectivity index (χ1n) is 10.6. The van der Waals surface area contributed by atoms with Crippen LogP contribution in [0, 0.1) is 24.4 Å². The van der Waals surface area contributed by atoms with Crippen molar-refractivity contribution in [2.45, 2.75) is 26.0 Å². The van der Waals surface area contributed by atoms with Crippen LogP contribution in [0.1, 0.15) is 39.8 Å². The maximum Gasteiger partial charge on any atom is 0.305 e. The summed E-state index contributed by atoms with van der Waals surface area (Å²) < 4.78 is 48.4. The Morgan fingerprint density at radius 2 is 1.77 bits per heavy atom. The molecule has 180 valence electrons. The number of benzene rings is 2. The zero-order valence-corrected chi connectivity index (χ0v) is 18.5. The van der Waals surface area contributed by atoms with Gasteiger partial charge in [-0.25, -0.2) is 18.2 Å². The number of carboxylic acids is 1. The summed E-state index contributed by atoms with van der Waals surface area (Å²) in [5.74, 6) is -5.04. The summed E-state index contributed by atoms with van der Waals surface area (Å²) >= 11 is 0. The average molecular weight is 483 g/mol. The summed E-state index contributed by atoms with van der Waals surface area (Å²) in [6, 6.07) is 12.4. The first-order valence-corrected chi connectivity index (χ1v) is 10.6. The minimum absolute atomic E-state index is 0.114. The first-order chi connectivity index (χ1) is 16.8. The van der Waals surface area contributed by atoms with Crippen LogP contribution in [0.5, 0.6) is 5.75 Å². The van der Waals surface area contributed by atoms with Crippen LogP contribution in [0.4, 0.5) is 13.2 Å². The van der Waals surface area contributed by atoms with E-state index in [1.54, 1.807) is 49.5 Å². The van der Waals surface area contributed by atoms with E-state index in [4.69, 9.17) is 4.74 Å². The quantitative estimate of drug-likeness (QED) is 0.358. The predicted octanol–water partition coefficient (Wildman–Crippen LogP) is 4.58. The molecule has 7 nitrogen and oxygen atoms in total. The number of imidazole rings is 1. The van der Waals surface area contributed by atoms with Crippen LogP contribution >= 0.6 is 0 Å². The van der Waals surface area contributed by atoms with Gasteiger partial charge in [0.05, 0.1) is 23.7 Å². The molecular weight excluding hydrogens is 463 g/mol. The molecule has 0 aliphatic rings. The Balaban J connectivity index is 1.63. The number of carbonyl (C=O) groups excluding carboxylic acids is 1. The fourth-order valence-electron chi connectivity index (χ4n) is 3.73. The topological polar surface area (TPSA) is 92.9 Å². The largest absolute Gasteiger partial charge is 0.485 e. The third-order valence-corrected chi connectivity index (χ3v) is 5.40. The summed E-state index contributed by atoms with van der Waals surface area (Å²) in [5, 5.41) is 12.0. The van der Waals surface area contributed by atoms with Crippen LogP contribution in [-0.4, -0.2) is 26.4 Å². The van der Waals surface area contributed by atoms with Gasteiger partial charge in [0.15, 0.2) is 23.0 Å². The van der Waals surface area contributed by atoms with E-state index < -0.39 is 47.5 Å². The number of hydrogen-bond donors (Lipinski definition) is 2. The molecule has 35 heavy (non-hydrogen) atoms. The van der Waals surface area contributed by atoms with Gasteiger partial charge >= 0.3 is 5.97 Å². The molecule has 2 aromatic carbocycles. The van der Waals surface area contributed by atoms with Gasteiger partial charge in [-0.1, -0.05) is 30.3 Å². The van der Waals surface area contributed by atoms with E-state index >= 15 is 0 Å². The van der Waals surface area contributed by atoms with Crippen molar-refractivity contribution in [3.8, 4) is 5.75 Å². The SMILES string of the molecule is Cc1nc2c(OCc3c(F)ccc(F)c3F)cccn2c1C(=O)NC(CC(=O)O)c1ccccc1. The first kappa shape index (κ1) is 23.8. The zero-order chi connectivity index (χ0) is 25.1. The number of carbonyl (C=O) groups is 2. The van der Waals surface area contributed by atoms with Crippen molar-refractivity contribution in [1.82, 2.24) is 14.7 Å². The van der Waals surface area contributed by atoms with Crippen LogP contribution in [0.2, 0.25) is 0 Å². The molecule has 0 spiro atoms. The number of aromatic nitrogens is 2. The van der Waals surface area contributed by atoms with Crippen molar-refractivity contribution in [3.05, 3.63) is 101 Å². The molecule has 1 atom stereocenters. The van der Waals surface area contributed by atoms with Crippen molar-refractivity contribution in [1.29, 1.82) is 0 Å². The molecule has 0 saturated heterocycles. The third-order valence-electron chi connectivity index (χ3n) is 5.40. The summed E-state index contributed by atoms with van der Waals surface area (Å²) in [6.07, 6.45) is 1.22. The molecule has 4 aromatic rings. The Bertz CT molecular complexity index is 1410. The van der Waals surface area contributed by atoms with Gasteiger partial charge in [-0.15, -0.1) is 0 Å². The lowest BCUT2D eigenvalue weighted by atomic mass is 10.0. The van der Waals surface area contributed by atoms with Gasteiger partial charge in [-0.05, 0) is 36.8 Å². The standard InChI is InChI=1S/C25H20F3N3O4/c1-14-23(25(34)30-19(12-21(32)33)15-6-3-2-4-7-15)31-11-5-8-20(24(31)29-14)35-13-16-17(26)9-10-18(27)22(16)28/h2-11,19H,12-13H2,1H3,(H,30,34)(H,32,33). The number of nitrogens with zero attached hydrogens (tertiary/aromatic N) is 2. The van der Waals surface area contributed by atoms with Gasteiger partial charge in [-0.3, -0.25) is 14.0 Å². The third kappa shape index (κ3) is 4.96. The van der Waals surface area contributed by atoms with E-state index in [0.717, 1.165) is 6.07 Å². The highest BCUT2D eigenvalue weighted by Crippen LogP contribution is 2.25. The molecule has 1 unspecified atom stereocenters. The summed E-state index contributed by atoms with van der Waals surface area (Å²) in [5.41, 5.74) is 0.705. The van der Waals surface area contributed by atoms with Crippen LogP contribution < -0.4 is 10.1 Å². The minimum Gasteiger partial charge on any atom is -0.485 e. The van der Waals surface area contributed by atoms with Gasteiger partial charge in [-0.2, -0.15) is 0 Å². The van der Waals surface area contributed by atoms with E-state index in [-0.39, 0.29) is 23.5 Å². The average Bonchev–Trinajstić information content (AvgIpc) is 3.18. The van der Waals surface area contributed by atoms with Crippen LogP contribution in [-0.2, 0) is 11.4 Å². The number of halogens is 3. The van der Waals surface area contributed by atoms with Crippen molar-refractivity contribution >= 4 is 17.5 Å². The van der Waals surface area contributed by atoms with Crippen LogP contribution in [0.25, 0.3) is 5.65 Å². The van der Waals surface area contributed by atoms with E-state index in [9.17, 15) is 27.9 Å². The Morgan fingerprint density at radius 3 is 2.49 bits per heavy atom. The van der Waals surface area contributed by atoms with Gasteiger partial charge in [0, 0.05) is 6.20 Å². The number of pyridine rings is 1. The van der Waals surface area contributed by atoms with E-state index in [1.165, 1.54) is 10.5 Å². The summed E-state index contributed by atoms with van der Waals surface area (Å²) in [4.78, 5) is 28.9. The maximum absolute atomic E-state index is 14.0. The molecular formula is C25H20F3N3O4. The Hall–Kier alpha value is -4.34. The van der Waals surface area contributed by atoms with Gasteiger partial charge in [0.2, 0.25) is 0 Å². The lowest BCUT2D eigenvalue weighted by molar-refractivity contribution is -0.137. The minimum atomic E-state index is -1.35. The fraction of sp³-hybridized carbons (Fsp3) is 0.160. The molecule has 0 aliphatic carbocycles. The Labute approximate surface area is 197 Å². The number of fused-ring (bicyclic) bond motifs is 1. The molecule has 2 N–H and O–H groups in total. The molecule has 0 aliphatic heterocycles. The van der Waals surface area contributed by atoms with E-state index in [1.807, 2.05) is 0 Å². The lowest BCUT2D eigenvalue weighted by Gasteiger charge is -2.17. The van der Waals surface area contributed by atoms with Gasteiger partial charge < -0.3 is 15.2 Å². The highest BCUT2D eigenvalue weighted by Gasteiger charge is 2.24. The smallest absolute Gasteiger partial charge is 0.305 e. The molecule has 0 saturated carbocycles. The number of rotatable bonds is 8. The molecule has 0 fully saturated rings. The molecule has 2 heterocycles. The van der Waals surface area contributed by atoms with E-state index in [0.29, 0.717) is 17.3 Å². The molecule has 1 amide bonds. The number of aryl methyl sites for hydroxylation is 1. The molecule has 4 rings (SSSR count). The second kappa shape index (κ2) is 9.88. The highest BCUT2D eigenvalue weighted by molar-refractivity contribution is 5.95. The van der Waals surface area contributed by atoms with Crippen LogP contribution in [0.3, 0.4) is 0 Å². The molecule has 0 radical (unpaired) electrons. The summed E-state index contributed by atoms with van der Waals surface area (Å²) in [6.45, 7) is 0.990. The number of carboxylic acid groups (broad SMARTS) is 1. The predicted molar refractivity (Wildman–Crippen MR) is 119 cm³/mol. The number of amides is 1. The second-order valence-electron chi connectivity index (χ2n) is 7.76. The van der Waals surface area contributed by atoms with Crippen molar-refractivity contribution in [3.63, 3.8) is 0 Å². The van der Waals surface area contributed by atoms with Crippen molar-refractivity contribution < 1.29 is 32.6 Å². The second-order valence-corrected chi connectivity index (χ2v) is 7.76. The van der Waals surface area contributed by atoms with Crippen molar-refractivity contribution in [2.75, 3.05) is 0 Å². The lowest BCUT2D eigenvalue weighted by Crippen LogP contribution is -2.31.